The van der Waals surface area contributed by atoms with Crippen LogP contribution in [0.5, 0.6) is 0 Å². The van der Waals surface area contributed by atoms with E-state index in [1.54, 1.807) is 16.7 Å². The summed E-state index contributed by atoms with van der Waals surface area (Å²) in [5.74, 6) is -0.0359. The standard InChI is InChI=1S/C14H15N3OS2/c1-3-16-9-7-5-6-8-10(9)20-13(16)11-12(18)17(4-2)14(19)15-11/h5-8H,3-4H2,1-2H3,(H,15,19). The van der Waals surface area contributed by atoms with Gasteiger partial charge in [0.25, 0.3) is 5.91 Å². The topological polar surface area (TPSA) is 35.6 Å². The number of likely N-dealkylation sites (N-methyl/N-ethyl adjacent to an activating group) is 1. The molecule has 0 spiro atoms. The van der Waals surface area contributed by atoms with E-state index in [1.165, 1.54) is 4.90 Å². The molecule has 0 saturated carbocycles. The number of benzene rings is 1. The van der Waals surface area contributed by atoms with Gasteiger partial charge in [0.05, 0.1) is 5.69 Å². The van der Waals surface area contributed by atoms with Crippen LogP contribution in [0.4, 0.5) is 5.69 Å². The van der Waals surface area contributed by atoms with Gasteiger partial charge in [-0.05, 0) is 38.2 Å². The summed E-state index contributed by atoms with van der Waals surface area (Å²) in [6, 6.07) is 8.18. The highest BCUT2D eigenvalue weighted by molar-refractivity contribution is 8.03. The third-order valence-electron chi connectivity index (χ3n) is 3.39. The maximum Gasteiger partial charge on any atom is 0.279 e. The van der Waals surface area contributed by atoms with Crippen molar-refractivity contribution in [1.29, 1.82) is 0 Å². The van der Waals surface area contributed by atoms with Crippen LogP contribution >= 0.6 is 24.0 Å². The van der Waals surface area contributed by atoms with E-state index in [2.05, 4.69) is 29.3 Å². The number of nitrogens with zero attached hydrogens (tertiary/aromatic N) is 2. The Morgan fingerprint density at radius 3 is 2.55 bits per heavy atom. The average Bonchev–Trinajstić information content (AvgIpc) is 2.95. The summed E-state index contributed by atoms with van der Waals surface area (Å²) in [5, 5.41) is 4.51. The number of para-hydroxylation sites is 1. The highest BCUT2D eigenvalue weighted by Crippen LogP contribution is 2.47. The molecule has 4 nitrogen and oxygen atoms in total. The number of carbonyl (C=O) groups is 1. The highest BCUT2D eigenvalue weighted by atomic mass is 32.2. The van der Waals surface area contributed by atoms with E-state index >= 15 is 0 Å². The van der Waals surface area contributed by atoms with Gasteiger partial charge in [0, 0.05) is 18.0 Å². The van der Waals surface area contributed by atoms with Crippen LogP contribution in [0, 0.1) is 0 Å². The first-order valence-corrected chi connectivity index (χ1v) is 7.81. The third-order valence-corrected chi connectivity index (χ3v) is 4.90. The maximum atomic E-state index is 12.4. The van der Waals surface area contributed by atoms with E-state index in [0.717, 1.165) is 17.3 Å². The lowest BCUT2D eigenvalue weighted by molar-refractivity contribution is -0.122. The van der Waals surface area contributed by atoms with Gasteiger partial charge in [-0.1, -0.05) is 23.9 Å². The minimum Gasteiger partial charge on any atom is -0.333 e. The number of thioether (sulfide) groups is 1. The summed E-state index contributed by atoms with van der Waals surface area (Å²) in [6.07, 6.45) is 0. The molecule has 104 valence electrons. The number of thiocarbonyl (C=S) groups is 1. The summed E-state index contributed by atoms with van der Waals surface area (Å²) in [6.45, 7) is 5.41. The number of carbonyl (C=O) groups excluding carboxylic acids is 1. The SMILES string of the molecule is CCN1C(=O)C(=C2Sc3ccccc3N2CC)NC1=S. The van der Waals surface area contributed by atoms with Crippen LogP contribution in [-0.4, -0.2) is 29.0 Å². The predicted octanol–water partition coefficient (Wildman–Crippen LogP) is 2.52. The summed E-state index contributed by atoms with van der Waals surface area (Å²) in [4.78, 5) is 17.3. The lowest BCUT2D eigenvalue weighted by Crippen LogP contribution is -2.30. The van der Waals surface area contributed by atoms with Crippen LogP contribution in [0.15, 0.2) is 39.9 Å². The van der Waals surface area contributed by atoms with Crippen molar-refractivity contribution in [3.63, 3.8) is 0 Å². The van der Waals surface area contributed by atoms with Crippen LogP contribution in [0.2, 0.25) is 0 Å². The van der Waals surface area contributed by atoms with Crippen molar-refractivity contribution in [3.8, 4) is 0 Å². The van der Waals surface area contributed by atoms with Crippen molar-refractivity contribution in [2.24, 2.45) is 0 Å². The lowest BCUT2D eigenvalue weighted by atomic mass is 10.3. The number of anilines is 1. The Balaban J connectivity index is 2.06. The third kappa shape index (κ3) is 1.91. The van der Waals surface area contributed by atoms with E-state index < -0.39 is 0 Å². The number of amides is 1. The maximum absolute atomic E-state index is 12.4. The predicted molar refractivity (Wildman–Crippen MR) is 85.5 cm³/mol. The second-order valence-electron chi connectivity index (χ2n) is 4.47. The van der Waals surface area contributed by atoms with Crippen LogP contribution in [0.1, 0.15) is 13.8 Å². The number of fused-ring (bicyclic) bond motifs is 1. The number of hydrogen-bond acceptors (Lipinski definition) is 4. The van der Waals surface area contributed by atoms with E-state index in [4.69, 9.17) is 12.2 Å². The molecule has 0 unspecified atom stereocenters. The minimum absolute atomic E-state index is 0.0359. The zero-order chi connectivity index (χ0) is 14.3. The fourth-order valence-electron chi connectivity index (χ4n) is 2.42. The van der Waals surface area contributed by atoms with Crippen LogP contribution in [0.3, 0.4) is 0 Å². The van der Waals surface area contributed by atoms with Crippen molar-refractivity contribution in [3.05, 3.63) is 35.0 Å². The Morgan fingerprint density at radius 1 is 1.20 bits per heavy atom. The molecule has 1 aromatic carbocycles. The van der Waals surface area contributed by atoms with Gasteiger partial charge in [-0.15, -0.1) is 0 Å². The Hall–Kier alpha value is -1.53. The van der Waals surface area contributed by atoms with Crippen molar-refractivity contribution in [2.45, 2.75) is 18.7 Å². The molecule has 1 fully saturated rings. The Kier molecular flexibility index (Phi) is 3.43. The number of nitrogens with one attached hydrogen (secondary N) is 1. The molecule has 6 heteroatoms. The molecule has 0 atom stereocenters. The second-order valence-corrected chi connectivity index (χ2v) is 5.89. The molecule has 1 N–H and O–H groups in total. The van der Waals surface area contributed by atoms with Crippen LogP contribution in [0.25, 0.3) is 0 Å². The van der Waals surface area contributed by atoms with Crippen molar-refractivity contribution >= 4 is 40.7 Å². The molecule has 3 rings (SSSR count). The van der Waals surface area contributed by atoms with Crippen molar-refractivity contribution < 1.29 is 4.79 Å². The second kappa shape index (κ2) is 5.10. The molecule has 0 aromatic heterocycles. The van der Waals surface area contributed by atoms with Gasteiger partial charge in [-0.3, -0.25) is 9.69 Å². The van der Waals surface area contributed by atoms with E-state index in [9.17, 15) is 4.79 Å². The molecule has 1 saturated heterocycles. The summed E-state index contributed by atoms with van der Waals surface area (Å²) < 4.78 is 0. The van der Waals surface area contributed by atoms with E-state index in [0.29, 0.717) is 17.4 Å². The first-order valence-electron chi connectivity index (χ1n) is 6.58. The lowest BCUT2D eigenvalue weighted by Gasteiger charge is -2.19. The quantitative estimate of drug-likeness (QED) is 0.671. The Bertz CT molecular complexity index is 627. The van der Waals surface area contributed by atoms with Gasteiger partial charge in [-0.25, -0.2) is 0 Å². The average molecular weight is 305 g/mol. The molecule has 20 heavy (non-hydrogen) atoms. The largest absolute Gasteiger partial charge is 0.333 e. The van der Waals surface area contributed by atoms with Gasteiger partial charge in [0.15, 0.2) is 5.11 Å². The molecule has 2 aliphatic heterocycles. The molecule has 1 aromatic rings. The fraction of sp³-hybridized carbons (Fsp3) is 0.286. The zero-order valence-corrected chi connectivity index (χ0v) is 13.0. The fourth-order valence-corrected chi connectivity index (χ4v) is 3.95. The van der Waals surface area contributed by atoms with Crippen molar-refractivity contribution in [1.82, 2.24) is 10.2 Å². The highest BCUT2D eigenvalue weighted by Gasteiger charge is 2.36. The number of hydrogen-bond donors (Lipinski definition) is 1. The minimum atomic E-state index is -0.0359. The number of rotatable bonds is 2. The van der Waals surface area contributed by atoms with E-state index in [1.807, 2.05) is 19.1 Å². The summed E-state index contributed by atoms with van der Waals surface area (Å²) in [5.41, 5.74) is 1.75. The van der Waals surface area contributed by atoms with Crippen LogP contribution in [-0.2, 0) is 4.79 Å². The smallest absolute Gasteiger partial charge is 0.279 e. The molecule has 0 bridgehead atoms. The Labute approximate surface area is 127 Å². The van der Waals surface area contributed by atoms with Gasteiger partial charge < -0.3 is 10.2 Å². The van der Waals surface area contributed by atoms with Gasteiger partial charge in [0.2, 0.25) is 0 Å². The van der Waals surface area contributed by atoms with Crippen molar-refractivity contribution in [2.75, 3.05) is 18.0 Å². The molecule has 2 aliphatic rings. The van der Waals surface area contributed by atoms with Gasteiger partial charge >= 0.3 is 0 Å². The first-order chi connectivity index (χ1) is 9.67. The normalized spacial score (nSPS) is 21.5. The molecule has 1 amide bonds. The molecule has 2 heterocycles. The van der Waals surface area contributed by atoms with Crippen LogP contribution < -0.4 is 10.2 Å². The summed E-state index contributed by atoms with van der Waals surface area (Å²) >= 11 is 6.84. The van der Waals surface area contributed by atoms with Gasteiger partial charge in [0.1, 0.15) is 10.7 Å². The molecular formula is C14H15N3OS2. The van der Waals surface area contributed by atoms with Gasteiger partial charge in [-0.2, -0.15) is 0 Å². The molecular weight excluding hydrogens is 290 g/mol. The van der Waals surface area contributed by atoms with E-state index in [-0.39, 0.29) is 5.91 Å². The molecule has 0 aliphatic carbocycles. The monoisotopic (exact) mass is 305 g/mol. The Morgan fingerprint density at radius 2 is 1.90 bits per heavy atom. The summed E-state index contributed by atoms with van der Waals surface area (Å²) in [7, 11) is 0. The first kappa shape index (κ1) is 13.5. The zero-order valence-electron chi connectivity index (χ0n) is 11.3. The molecule has 0 radical (unpaired) electrons.